The highest BCUT2D eigenvalue weighted by Crippen LogP contribution is 2.30. The summed E-state index contributed by atoms with van der Waals surface area (Å²) < 4.78 is 17.1. The van der Waals surface area contributed by atoms with Crippen LogP contribution in [0.5, 0.6) is 5.75 Å². The number of carbonyl (C=O) groups is 1. The van der Waals surface area contributed by atoms with Crippen LogP contribution in [0.4, 0.5) is 0 Å². The second-order valence-corrected chi connectivity index (χ2v) is 8.39. The fourth-order valence-corrected chi connectivity index (χ4v) is 4.05. The van der Waals surface area contributed by atoms with Crippen LogP contribution in [0.2, 0.25) is 0 Å². The highest BCUT2D eigenvalue weighted by atomic mass is 79.9. The summed E-state index contributed by atoms with van der Waals surface area (Å²) in [5.41, 5.74) is 1.21. The van der Waals surface area contributed by atoms with Crippen LogP contribution in [0, 0.1) is 6.92 Å². The number of halogens is 1. The number of esters is 1. The summed E-state index contributed by atoms with van der Waals surface area (Å²) in [7, 11) is 0. The van der Waals surface area contributed by atoms with E-state index < -0.39 is 17.2 Å². The molecule has 0 bridgehead atoms. The van der Waals surface area contributed by atoms with Crippen molar-refractivity contribution >= 4 is 43.8 Å². The Labute approximate surface area is 195 Å². The van der Waals surface area contributed by atoms with Crippen LogP contribution >= 0.6 is 15.9 Å². The standard InChI is InChI=1S/C26H15BrO6/c1-14-4-2-3-5-18(14)25(29)31-17-7-8-19-20(13-24(28)32-23(19)12-17)21-11-15-10-16(27)6-9-22(15)33-26(21)30/h2-13H,1H3. The summed E-state index contributed by atoms with van der Waals surface area (Å²) >= 11 is 3.41. The quantitative estimate of drug-likeness (QED) is 0.174. The summed E-state index contributed by atoms with van der Waals surface area (Å²) in [5.74, 6) is -0.308. The summed E-state index contributed by atoms with van der Waals surface area (Å²) in [4.78, 5) is 37.5. The number of hydrogen-bond acceptors (Lipinski definition) is 6. The van der Waals surface area contributed by atoms with E-state index in [0.717, 1.165) is 10.0 Å². The molecule has 162 valence electrons. The van der Waals surface area contributed by atoms with Crippen LogP contribution in [0.1, 0.15) is 15.9 Å². The molecule has 5 aromatic rings. The van der Waals surface area contributed by atoms with Crippen LogP contribution in [-0.4, -0.2) is 5.97 Å². The third kappa shape index (κ3) is 3.99. The summed E-state index contributed by atoms with van der Waals surface area (Å²) in [6.45, 7) is 1.82. The normalized spacial score (nSPS) is 11.1. The molecule has 0 saturated carbocycles. The average molecular weight is 503 g/mol. The minimum Gasteiger partial charge on any atom is -0.423 e. The van der Waals surface area contributed by atoms with Crippen molar-refractivity contribution in [1.29, 1.82) is 0 Å². The third-order valence-electron chi connectivity index (χ3n) is 5.28. The van der Waals surface area contributed by atoms with Gasteiger partial charge in [-0.25, -0.2) is 14.4 Å². The molecule has 0 N–H and O–H groups in total. The van der Waals surface area contributed by atoms with Gasteiger partial charge in [-0.3, -0.25) is 0 Å². The van der Waals surface area contributed by atoms with Crippen molar-refractivity contribution < 1.29 is 18.4 Å². The fourth-order valence-electron chi connectivity index (χ4n) is 3.68. The number of benzene rings is 3. The van der Waals surface area contributed by atoms with Gasteiger partial charge in [-0.15, -0.1) is 0 Å². The number of rotatable bonds is 3. The van der Waals surface area contributed by atoms with E-state index in [4.69, 9.17) is 13.6 Å². The molecule has 0 saturated heterocycles. The molecule has 3 aromatic carbocycles. The Morgan fingerprint density at radius 2 is 1.67 bits per heavy atom. The molecule has 0 aliphatic heterocycles. The lowest BCUT2D eigenvalue weighted by atomic mass is 10.0. The van der Waals surface area contributed by atoms with E-state index in [1.807, 2.05) is 25.1 Å². The summed E-state index contributed by atoms with van der Waals surface area (Å²) in [6, 6.07) is 20.0. The van der Waals surface area contributed by atoms with Gasteiger partial charge >= 0.3 is 17.2 Å². The summed E-state index contributed by atoms with van der Waals surface area (Å²) in [6.07, 6.45) is 0. The van der Waals surface area contributed by atoms with E-state index in [1.54, 1.807) is 42.5 Å². The lowest BCUT2D eigenvalue weighted by Crippen LogP contribution is -2.10. The molecule has 0 unspecified atom stereocenters. The number of hydrogen-bond donors (Lipinski definition) is 0. The maximum absolute atomic E-state index is 12.7. The van der Waals surface area contributed by atoms with Gasteiger partial charge in [0.05, 0.1) is 11.1 Å². The molecule has 0 fully saturated rings. The number of aryl methyl sites for hydroxylation is 1. The second-order valence-electron chi connectivity index (χ2n) is 7.47. The number of fused-ring (bicyclic) bond motifs is 2. The van der Waals surface area contributed by atoms with Crippen LogP contribution < -0.4 is 16.0 Å². The monoisotopic (exact) mass is 502 g/mol. The molecular weight excluding hydrogens is 488 g/mol. The maximum atomic E-state index is 12.7. The summed E-state index contributed by atoms with van der Waals surface area (Å²) in [5, 5.41) is 1.20. The smallest absolute Gasteiger partial charge is 0.344 e. The van der Waals surface area contributed by atoms with E-state index in [-0.39, 0.29) is 16.9 Å². The first-order valence-corrected chi connectivity index (χ1v) is 10.8. The highest BCUT2D eigenvalue weighted by Gasteiger charge is 2.16. The molecular formula is C26H15BrO6. The molecule has 5 rings (SSSR count). The first kappa shape index (κ1) is 20.9. The molecule has 33 heavy (non-hydrogen) atoms. The fraction of sp³-hybridized carbons (Fsp3) is 0.0385. The van der Waals surface area contributed by atoms with Crippen molar-refractivity contribution in [3.63, 3.8) is 0 Å². The Kier molecular flexibility index (Phi) is 5.18. The molecule has 0 spiro atoms. The van der Waals surface area contributed by atoms with Gasteiger partial charge in [0.15, 0.2) is 0 Å². The van der Waals surface area contributed by atoms with E-state index in [0.29, 0.717) is 27.5 Å². The van der Waals surface area contributed by atoms with Gasteiger partial charge in [0.25, 0.3) is 0 Å². The Morgan fingerprint density at radius 1 is 0.848 bits per heavy atom. The van der Waals surface area contributed by atoms with E-state index in [2.05, 4.69) is 15.9 Å². The van der Waals surface area contributed by atoms with Crippen LogP contribution in [-0.2, 0) is 0 Å². The molecule has 2 heterocycles. The zero-order chi connectivity index (χ0) is 23.1. The van der Waals surface area contributed by atoms with Gasteiger partial charge in [0, 0.05) is 32.9 Å². The molecule has 0 radical (unpaired) electrons. The van der Waals surface area contributed by atoms with Crippen LogP contribution in [0.3, 0.4) is 0 Å². The predicted octanol–water partition coefficient (Wildman–Crippen LogP) is 5.86. The zero-order valence-corrected chi connectivity index (χ0v) is 18.8. The van der Waals surface area contributed by atoms with Crippen molar-refractivity contribution in [1.82, 2.24) is 0 Å². The van der Waals surface area contributed by atoms with Gasteiger partial charge in [-0.1, -0.05) is 34.1 Å². The van der Waals surface area contributed by atoms with Crippen LogP contribution in [0.25, 0.3) is 33.1 Å². The maximum Gasteiger partial charge on any atom is 0.344 e. The lowest BCUT2D eigenvalue weighted by molar-refractivity contribution is 0.0734. The zero-order valence-electron chi connectivity index (χ0n) is 17.3. The SMILES string of the molecule is Cc1ccccc1C(=O)Oc1ccc2c(-c3cc4cc(Br)ccc4oc3=O)cc(=O)oc2c1. The molecule has 2 aromatic heterocycles. The molecule has 0 atom stereocenters. The third-order valence-corrected chi connectivity index (χ3v) is 5.77. The average Bonchev–Trinajstić information content (AvgIpc) is 2.78. The van der Waals surface area contributed by atoms with Crippen molar-refractivity contribution in [2.75, 3.05) is 0 Å². The topological polar surface area (TPSA) is 86.7 Å². The van der Waals surface area contributed by atoms with Gasteiger partial charge in [-0.05, 0) is 55.0 Å². The van der Waals surface area contributed by atoms with Crippen molar-refractivity contribution in [2.45, 2.75) is 6.92 Å². The molecule has 0 aliphatic rings. The van der Waals surface area contributed by atoms with E-state index >= 15 is 0 Å². The van der Waals surface area contributed by atoms with Gasteiger partial charge < -0.3 is 13.6 Å². The minimum absolute atomic E-state index is 0.182. The van der Waals surface area contributed by atoms with Gasteiger partial charge in [0.1, 0.15) is 16.9 Å². The van der Waals surface area contributed by atoms with E-state index in [9.17, 15) is 14.4 Å². The molecule has 7 heteroatoms. The van der Waals surface area contributed by atoms with Gasteiger partial charge in [0.2, 0.25) is 0 Å². The lowest BCUT2D eigenvalue weighted by Gasteiger charge is -2.09. The minimum atomic E-state index is -0.645. The highest BCUT2D eigenvalue weighted by molar-refractivity contribution is 9.10. The molecule has 0 amide bonds. The van der Waals surface area contributed by atoms with Crippen molar-refractivity contribution in [3.05, 3.63) is 109 Å². The Bertz CT molecular complexity index is 1680. The predicted molar refractivity (Wildman–Crippen MR) is 128 cm³/mol. The first-order chi connectivity index (χ1) is 15.9. The molecule has 0 aliphatic carbocycles. The van der Waals surface area contributed by atoms with Crippen molar-refractivity contribution in [3.8, 4) is 16.9 Å². The van der Waals surface area contributed by atoms with Crippen LogP contribution in [0.15, 0.2) is 95.7 Å². The number of carbonyl (C=O) groups excluding carboxylic acids is 1. The first-order valence-electron chi connectivity index (χ1n) is 9.98. The largest absolute Gasteiger partial charge is 0.423 e. The van der Waals surface area contributed by atoms with Gasteiger partial charge in [-0.2, -0.15) is 0 Å². The van der Waals surface area contributed by atoms with Crippen molar-refractivity contribution in [2.24, 2.45) is 0 Å². The second kappa shape index (κ2) is 8.18. The Hall–Kier alpha value is -3.97. The number of ether oxygens (including phenoxy) is 1. The Balaban J connectivity index is 1.61. The Morgan fingerprint density at radius 3 is 2.48 bits per heavy atom. The van der Waals surface area contributed by atoms with E-state index in [1.165, 1.54) is 12.1 Å². The molecule has 6 nitrogen and oxygen atoms in total.